The lowest BCUT2D eigenvalue weighted by molar-refractivity contribution is 0.331. The van der Waals surface area contributed by atoms with Crippen molar-refractivity contribution in [2.24, 2.45) is 7.05 Å². The number of nitrogens with one attached hydrogen (secondary N) is 1. The molecule has 3 aromatic rings. The van der Waals surface area contributed by atoms with Crippen molar-refractivity contribution < 1.29 is 8.42 Å². The van der Waals surface area contributed by atoms with Gasteiger partial charge in [-0.1, -0.05) is 41.4 Å². The van der Waals surface area contributed by atoms with Crippen molar-refractivity contribution in [1.29, 1.82) is 0 Å². The molecule has 4 rings (SSSR count). The second-order valence-corrected chi connectivity index (χ2v) is 10.7. The summed E-state index contributed by atoms with van der Waals surface area (Å²) < 4.78 is 30.5. The number of nitrogens with zero attached hydrogens (tertiary/aromatic N) is 3. The summed E-state index contributed by atoms with van der Waals surface area (Å²) in [5.74, 6) is 0. The van der Waals surface area contributed by atoms with Crippen molar-refractivity contribution in [1.82, 2.24) is 14.7 Å². The number of aromatic nitrogens is 2. The van der Waals surface area contributed by atoms with Crippen LogP contribution in [0, 0.1) is 13.8 Å². The van der Waals surface area contributed by atoms with Gasteiger partial charge in [-0.3, -0.25) is 14.3 Å². The molecule has 1 fully saturated rings. The van der Waals surface area contributed by atoms with Gasteiger partial charge in [-0.15, -0.1) is 0 Å². The van der Waals surface area contributed by atoms with E-state index in [0.717, 1.165) is 30.8 Å². The summed E-state index contributed by atoms with van der Waals surface area (Å²) in [7, 11) is -2.25. The molecule has 0 spiro atoms. The van der Waals surface area contributed by atoms with Crippen molar-refractivity contribution >= 4 is 38.9 Å². The standard InChI is InChI=1S/C23H26Cl2N4O2S/c1-15-22(16(2)28(3)26-15)27-32(30,31)23-20(24)12-19(13-21(23)25)18-8-6-7-17(11-18)14-29-9-4-5-10-29/h6-8,11-13,27H,4-5,9-10,14H2,1-3H3. The lowest BCUT2D eigenvalue weighted by atomic mass is 10.0. The molecule has 0 radical (unpaired) electrons. The van der Waals surface area contributed by atoms with Gasteiger partial charge in [-0.25, -0.2) is 8.42 Å². The number of aryl methyl sites for hydroxylation is 2. The summed E-state index contributed by atoms with van der Waals surface area (Å²) in [5.41, 5.74) is 4.63. The van der Waals surface area contributed by atoms with Gasteiger partial charge < -0.3 is 0 Å². The minimum absolute atomic E-state index is 0.0733. The Labute approximate surface area is 199 Å². The molecule has 9 heteroatoms. The van der Waals surface area contributed by atoms with E-state index in [4.69, 9.17) is 23.2 Å². The quantitative estimate of drug-likeness (QED) is 0.499. The number of sulfonamides is 1. The van der Waals surface area contributed by atoms with Crippen LogP contribution in [0.25, 0.3) is 11.1 Å². The average Bonchev–Trinajstić information content (AvgIpc) is 3.31. The molecule has 1 N–H and O–H groups in total. The average molecular weight is 493 g/mol. The highest BCUT2D eigenvalue weighted by atomic mass is 35.5. The van der Waals surface area contributed by atoms with Gasteiger partial charge in [-0.2, -0.15) is 5.10 Å². The Morgan fingerprint density at radius 3 is 2.28 bits per heavy atom. The first-order chi connectivity index (χ1) is 15.2. The molecule has 1 aliphatic rings. The monoisotopic (exact) mass is 492 g/mol. The van der Waals surface area contributed by atoms with Crippen LogP contribution in [-0.4, -0.2) is 36.2 Å². The molecule has 0 aliphatic carbocycles. The molecule has 32 heavy (non-hydrogen) atoms. The SMILES string of the molecule is Cc1nn(C)c(C)c1NS(=O)(=O)c1c(Cl)cc(-c2cccc(CN3CCCC3)c2)cc1Cl. The smallest absolute Gasteiger partial charge is 0.264 e. The van der Waals surface area contributed by atoms with Crippen LogP contribution in [0.15, 0.2) is 41.3 Å². The molecule has 1 aromatic heterocycles. The van der Waals surface area contributed by atoms with E-state index in [1.54, 1.807) is 37.7 Å². The van der Waals surface area contributed by atoms with E-state index < -0.39 is 10.0 Å². The molecule has 2 heterocycles. The molecule has 0 unspecified atom stereocenters. The van der Waals surface area contributed by atoms with E-state index >= 15 is 0 Å². The fraction of sp³-hybridized carbons (Fsp3) is 0.348. The number of likely N-dealkylation sites (tertiary alicyclic amines) is 1. The van der Waals surface area contributed by atoms with E-state index in [9.17, 15) is 8.42 Å². The van der Waals surface area contributed by atoms with Gasteiger partial charge in [0.1, 0.15) is 4.90 Å². The topological polar surface area (TPSA) is 67.2 Å². The lowest BCUT2D eigenvalue weighted by Gasteiger charge is -2.16. The summed E-state index contributed by atoms with van der Waals surface area (Å²) in [6.07, 6.45) is 2.49. The van der Waals surface area contributed by atoms with Crippen LogP contribution in [0.4, 0.5) is 5.69 Å². The van der Waals surface area contributed by atoms with E-state index in [1.165, 1.54) is 18.4 Å². The van der Waals surface area contributed by atoms with Crippen molar-refractivity contribution in [3.8, 4) is 11.1 Å². The number of halogens is 2. The minimum Gasteiger partial charge on any atom is -0.299 e. The van der Waals surface area contributed by atoms with Crippen molar-refractivity contribution in [3.05, 3.63) is 63.4 Å². The van der Waals surface area contributed by atoms with Crippen LogP contribution >= 0.6 is 23.2 Å². The maximum Gasteiger partial charge on any atom is 0.264 e. The Hall–Kier alpha value is -2.06. The van der Waals surface area contributed by atoms with Gasteiger partial charge in [-0.05, 0) is 74.7 Å². The third-order valence-electron chi connectivity index (χ3n) is 5.88. The Kier molecular flexibility index (Phi) is 6.54. The van der Waals surface area contributed by atoms with Crippen molar-refractivity contribution in [2.75, 3.05) is 17.8 Å². The molecule has 6 nitrogen and oxygen atoms in total. The fourth-order valence-electron chi connectivity index (χ4n) is 4.14. The Bertz CT molecular complexity index is 1240. The molecular weight excluding hydrogens is 467 g/mol. The Morgan fingerprint density at radius 1 is 1.03 bits per heavy atom. The Morgan fingerprint density at radius 2 is 1.69 bits per heavy atom. The maximum absolute atomic E-state index is 13.1. The summed E-state index contributed by atoms with van der Waals surface area (Å²) in [5, 5.41) is 4.40. The zero-order chi connectivity index (χ0) is 23.0. The van der Waals surface area contributed by atoms with Gasteiger partial charge >= 0.3 is 0 Å². The van der Waals surface area contributed by atoms with Crippen LogP contribution in [-0.2, 0) is 23.6 Å². The van der Waals surface area contributed by atoms with E-state index in [-0.39, 0.29) is 14.9 Å². The van der Waals surface area contributed by atoms with Crippen LogP contribution in [0.1, 0.15) is 29.8 Å². The highest BCUT2D eigenvalue weighted by molar-refractivity contribution is 7.93. The molecule has 2 aromatic carbocycles. The number of anilines is 1. The molecule has 0 saturated carbocycles. The first-order valence-electron chi connectivity index (χ1n) is 10.5. The molecule has 1 saturated heterocycles. The van der Waals surface area contributed by atoms with Gasteiger partial charge in [0.15, 0.2) is 0 Å². The largest absolute Gasteiger partial charge is 0.299 e. The van der Waals surface area contributed by atoms with Gasteiger partial charge in [0.05, 0.1) is 27.1 Å². The third-order valence-corrected chi connectivity index (χ3v) is 8.15. The molecule has 1 aliphatic heterocycles. The van der Waals surface area contributed by atoms with Gasteiger partial charge in [0.2, 0.25) is 0 Å². The van der Waals surface area contributed by atoms with Gasteiger partial charge in [0, 0.05) is 13.6 Å². The highest BCUT2D eigenvalue weighted by Gasteiger charge is 2.25. The van der Waals surface area contributed by atoms with Crippen molar-refractivity contribution in [2.45, 2.75) is 38.1 Å². The molecule has 0 bridgehead atoms. The second-order valence-electron chi connectivity index (χ2n) is 8.23. The summed E-state index contributed by atoms with van der Waals surface area (Å²) in [6.45, 7) is 6.68. The number of benzene rings is 2. The molecule has 0 atom stereocenters. The van der Waals surface area contributed by atoms with Crippen LogP contribution < -0.4 is 4.72 Å². The molecule has 170 valence electrons. The minimum atomic E-state index is -4.00. The Balaban J connectivity index is 1.65. The summed E-state index contributed by atoms with van der Waals surface area (Å²) >= 11 is 12.9. The maximum atomic E-state index is 13.1. The first kappa shape index (κ1) is 23.1. The zero-order valence-corrected chi connectivity index (χ0v) is 20.7. The summed E-state index contributed by atoms with van der Waals surface area (Å²) in [6, 6.07) is 11.5. The van der Waals surface area contributed by atoms with E-state index in [0.29, 0.717) is 17.1 Å². The lowest BCUT2D eigenvalue weighted by Crippen LogP contribution is -2.18. The predicted octanol–water partition coefficient (Wildman–Crippen LogP) is 5.41. The number of hydrogen-bond acceptors (Lipinski definition) is 4. The van der Waals surface area contributed by atoms with Crippen LogP contribution in [0.5, 0.6) is 0 Å². The molecular formula is C23H26Cl2N4O2S. The normalized spacial score (nSPS) is 14.8. The zero-order valence-electron chi connectivity index (χ0n) is 18.3. The predicted molar refractivity (Wildman–Crippen MR) is 130 cm³/mol. The number of hydrogen-bond donors (Lipinski definition) is 1. The highest BCUT2D eigenvalue weighted by Crippen LogP contribution is 2.36. The van der Waals surface area contributed by atoms with Gasteiger partial charge in [0.25, 0.3) is 10.0 Å². The van der Waals surface area contributed by atoms with E-state index in [2.05, 4.69) is 26.9 Å². The number of rotatable bonds is 6. The van der Waals surface area contributed by atoms with Crippen LogP contribution in [0.3, 0.4) is 0 Å². The van der Waals surface area contributed by atoms with Crippen molar-refractivity contribution in [3.63, 3.8) is 0 Å². The second kappa shape index (κ2) is 9.06. The molecule has 0 amide bonds. The summed E-state index contributed by atoms with van der Waals surface area (Å²) in [4.78, 5) is 2.29. The third kappa shape index (κ3) is 4.66. The fourth-order valence-corrected chi connectivity index (χ4v) is 6.53. The first-order valence-corrected chi connectivity index (χ1v) is 12.7. The van der Waals surface area contributed by atoms with E-state index in [1.807, 2.05) is 12.1 Å². The van der Waals surface area contributed by atoms with Crippen LogP contribution in [0.2, 0.25) is 10.0 Å².